The molecule has 0 aliphatic heterocycles. The van der Waals surface area contributed by atoms with Gasteiger partial charge in [0.2, 0.25) is 5.78 Å². The summed E-state index contributed by atoms with van der Waals surface area (Å²) in [7, 11) is 0. The number of anilines is 1. The quantitative estimate of drug-likeness (QED) is 0.292. The first kappa shape index (κ1) is 23.6. The number of pyridine rings is 1. The Hall–Kier alpha value is -5.18. The molecule has 4 aromatic rings. The molecule has 1 aromatic heterocycles. The van der Waals surface area contributed by atoms with Gasteiger partial charge < -0.3 is 14.8 Å². The first-order valence-electron chi connectivity index (χ1n) is 11.2. The number of amides is 1. The van der Waals surface area contributed by atoms with Crippen LogP contribution in [0, 0.1) is 0 Å². The van der Waals surface area contributed by atoms with Gasteiger partial charge in [0.15, 0.2) is 5.78 Å². The molecule has 9 heteroatoms. The lowest BCUT2D eigenvalue weighted by atomic mass is 9.82. The Morgan fingerprint density at radius 1 is 0.757 bits per heavy atom. The van der Waals surface area contributed by atoms with Gasteiger partial charge in [-0.3, -0.25) is 29.0 Å². The molecule has 0 saturated heterocycles. The van der Waals surface area contributed by atoms with Gasteiger partial charge in [-0.15, -0.1) is 0 Å². The number of carbonyl (C=O) groups excluding carboxylic acids is 5. The lowest BCUT2D eigenvalue weighted by Crippen LogP contribution is -2.25. The number of rotatable bonds is 4. The molecule has 182 valence electrons. The van der Waals surface area contributed by atoms with E-state index in [1.54, 1.807) is 24.4 Å². The van der Waals surface area contributed by atoms with E-state index >= 15 is 0 Å². The summed E-state index contributed by atoms with van der Waals surface area (Å²) in [5.41, 5.74) is 0.732. The number of hydrogen-bond acceptors (Lipinski definition) is 8. The number of aromatic nitrogens is 1. The largest absolute Gasteiger partial charge is 0.426 e. The first-order valence-corrected chi connectivity index (χ1v) is 11.2. The van der Waals surface area contributed by atoms with Gasteiger partial charge in [0.05, 0.1) is 22.3 Å². The van der Waals surface area contributed by atoms with Crippen LogP contribution in [0.2, 0.25) is 0 Å². The third kappa shape index (κ3) is 4.23. The summed E-state index contributed by atoms with van der Waals surface area (Å²) in [4.78, 5) is 68.0. The topological polar surface area (TPSA) is 129 Å². The van der Waals surface area contributed by atoms with Gasteiger partial charge in [-0.2, -0.15) is 0 Å². The molecule has 0 bridgehead atoms. The Morgan fingerprint density at radius 3 is 2.22 bits per heavy atom. The molecule has 0 radical (unpaired) electrons. The summed E-state index contributed by atoms with van der Waals surface area (Å²) in [6.45, 7) is 2.30. The molecule has 3 aromatic carbocycles. The Bertz CT molecular complexity index is 1670. The minimum Gasteiger partial charge on any atom is -0.426 e. The Morgan fingerprint density at radius 2 is 1.46 bits per heavy atom. The van der Waals surface area contributed by atoms with Gasteiger partial charge >= 0.3 is 11.9 Å². The zero-order valence-electron chi connectivity index (χ0n) is 19.7. The summed E-state index contributed by atoms with van der Waals surface area (Å²) in [5, 5.41) is 3.49. The molecule has 9 nitrogen and oxygen atoms in total. The van der Waals surface area contributed by atoms with Crippen molar-refractivity contribution in [2.75, 3.05) is 5.32 Å². The van der Waals surface area contributed by atoms with E-state index in [9.17, 15) is 24.0 Å². The number of nitrogens with one attached hydrogen (secondary N) is 1. The average Bonchev–Trinajstić information content (AvgIpc) is 2.86. The van der Waals surface area contributed by atoms with E-state index in [0.717, 1.165) is 6.92 Å². The van der Waals surface area contributed by atoms with Crippen molar-refractivity contribution in [1.29, 1.82) is 0 Å². The van der Waals surface area contributed by atoms with E-state index < -0.39 is 29.4 Å². The lowest BCUT2D eigenvalue weighted by Gasteiger charge is -2.22. The fourth-order valence-corrected chi connectivity index (χ4v) is 4.26. The second-order valence-electron chi connectivity index (χ2n) is 8.25. The van der Waals surface area contributed by atoms with Gasteiger partial charge in [0.1, 0.15) is 11.5 Å². The third-order valence-electron chi connectivity index (χ3n) is 5.74. The molecule has 1 N–H and O–H groups in total. The van der Waals surface area contributed by atoms with Gasteiger partial charge in [-0.1, -0.05) is 30.3 Å². The molecule has 37 heavy (non-hydrogen) atoms. The van der Waals surface area contributed by atoms with Crippen molar-refractivity contribution in [1.82, 2.24) is 4.98 Å². The molecule has 0 unspecified atom stereocenters. The van der Waals surface area contributed by atoms with Crippen molar-refractivity contribution >= 4 is 46.0 Å². The molecule has 1 heterocycles. The van der Waals surface area contributed by atoms with Crippen LogP contribution >= 0.6 is 0 Å². The second-order valence-corrected chi connectivity index (χ2v) is 8.25. The van der Waals surface area contributed by atoms with E-state index in [4.69, 9.17) is 9.47 Å². The third-order valence-corrected chi connectivity index (χ3v) is 5.74. The van der Waals surface area contributed by atoms with Crippen LogP contribution in [0.5, 0.6) is 11.5 Å². The Kier molecular flexibility index (Phi) is 5.81. The van der Waals surface area contributed by atoms with Crippen molar-refractivity contribution in [3.63, 3.8) is 0 Å². The Balaban J connectivity index is 1.62. The summed E-state index contributed by atoms with van der Waals surface area (Å²) in [6.07, 6.45) is 1.55. The van der Waals surface area contributed by atoms with E-state index in [1.165, 1.54) is 37.3 Å². The van der Waals surface area contributed by atoms with Crippen molar-refractivity contribution in [2.24, 2.45) is 0 Å². The van der Waals surface area contributed by atoms with Crippen LogP contribution in [0.1, 0.15) is 56.0 Å². The van der Waals surface area contributed by atoms with Gasteiger partial charge in [-0.25, -0.2) is 0 Å². The number of carbonyl (C=O) groups is 5. The maximum absolute atomic E-state index is 13.5. The summed E-state index contributed by atoms with van der Waals surface area (Å²) < 4.78 is 10.4. The number of fused-ring (bicyclic) bond motifs is 3. The molecular weight excluding hydrogens is 476 g/mol. The standard InChI is InChI=1S/C28H18N2O7/c1-14(31)36-22-9-5-7-18-24(22)27(34)25-19(26(18)33)12-16(13-23(25)37-15(2)32)28(35)30-21-10-11-29-20-8-4-3-6-17(20)21/h3-13H,1-2H3,(H,29,30,35). The minimum atomic E-state index is -0.751. The maximum Gasteiger partial charge on any atom is 0.308 e. The average molecular weight is 494 g/mol. The van der Waals surface area contributed by atoms with Gasteiger partial charge in [0.25, 0.3) is 5.91 Å². The normalized spacial score (nSPS) is 11.9. The fourth-order valence-electron chi connectivity index (χ4n) is 4.26. The van der Waals surface area contributed by atoms with E-state index in [-0.39, 0.29) is 39.3 Å². The maximum atomic E-state index is 13.5. The van der Waals surface area contributed by atoms with Crippen LogP contribution < -0.4 is 14.8 Å². The number of ether oxygens (including phenoxy) is 2. The van der Waals surface area contributed by atoms with Crippen LogP contribution in [0.25, 0.3) is 10.9 Å². The number of nitrogens with zero attached hydrogens (tertiary/aromatic N) is 1. The summed E-state index contributed by atoms with van der Waals surface area (Å²) in [6, 6.07) is 15.7. The molecule has 0 atom stereocenters. The van der Waals surface area contributed by atoms with Crippen LogP contribution in [-0.2, 0) is 9.59 Å². The highest BCUT2D eigenvalue weighted by atomic mass is 16.5. The molecule has 0 fully saturated rings. The number of ketones is 2. The second kappa shape index (κ2) is 9.12. The zero-order chi connectivity index (χ0) is 26.3. The highest BCUT2D eigenvalue weighted by Gasteiger charge is 2.36. The molecule has 1 aliphatic carbocycles. The van der Waals surface area contributed by atoms with Crippen molar-refractivity contribution in [3.8, 4) is 11.5 Å². The number of hydrogen-bond donors (Lipinski definition) is 1. The van der Waals surface area contributed by atoms with Gasteiger partial charge in [-0.05, 0) is 30.3 Å². The summed E-state index contributed by atoms with van der Waals surface area (Å²) >= 11 is 0. The number of para-hydroxylation sites is 1. The van der Waals surface area contributed by atoms with E-state index in [1.807, 2.05) is 12.1 Å². The number of esters is 2. The van der Waals surface area contributed by atoms with Crippen molar-refractivity contribution in [3.05, 3.63) is 94.7 Å². The number of benzene rings is 3. The van der Waals surface area contributed by atoms with E-state index in [2.05, 4.69) is 10.3 Å². The van der Waals surface area contributed by atoms with Crippen LogP contribution in [-0.4, -0.2) is 34.4 Å². The Labute approximate surface area is 210 Å². The van der Waals surface area contributed by atoms with Crippen LogP contribution in [0.15, 0.2) is 66.9 Å². The predicted octanol–water partition coefficient (Wildman–Crippen LogP) is 4.11. The molecule has 1 amide bonds. The van der Waals surface area contributed by atoms with Crippen molar-refractivity contribution in [2.45, 2.75) is 13.8 Å². The fraction of sp³-hybridized carbons (Fsp3) is 0.0714. The highest BCUT2D eigenvalue weighted by molar-refractivity contribution is 6.31. The molecule has 5 rings (SSSR count). The lowest BCUT2D eigenvalue weighted by molar-refractivity contribution is -0.132. The molecule has 0 spiro atoms. The van der Waals surface area contributed by atoms with E-state index in [0.29, 0.717) is 16.6 Å². The minimum absolute atomic E-state index is 0.00251. The summed E-state index contributed by atoms with van der Waals surface area (Å²) in [5.74, 6) is -3.62. The van der Waals surface area contributed by atoms with Crippen LogP contribution in [0.4, 0.5) is 5.69 Å². The predicted molar refractivity (Wildman–Crippen MR) is 132 cm³/mol. The van der Waals surface area contributed by atoms with Gasteiger partial charge in [0, 0.05) is 42.1 Å². The molecular formula is C28H18N2O7. The zero-order valence-corrected chi connectivity index (χ0v) is 19.7. The first-order chi connectivity index (χ1) is 17.7. The monoisotopic (exact) mass is 494 g/mol. The highest BCUT2D eigenvalue weighted by Crippen LogP contribution is 2.38. The SMILES string of the molecule is CC(=O)Oc1cccc2c1C(=O)c1c(OC(C)=O)cc(C(=O)Nc3ccnc4ccccc34)cc1C2=O. The smallest absolute Gasteiger partial charge is 0.308 e. The molecule has 0 saturated carbocycles. The van der Waals surface area contributed by atoms with Crippen molar-refractivity contribution < 1.29 is 33.4 Å². The van der Waals surface area contributed by atoms with Crippen LogP contribution in [0.3, 0.4) is 0 Å². The molecule has 1 aliphatic rings.